The van der Waals surface area contributed by atoms with E-state index in [4.69, 9.17) is 9.47 Å². The number of likely N-dealkylation sites (tertiary alicyclic amines) is 2. The third-order valence-electron chi connectivity index (χ3n) is 6.06. The lowest BCUT2D eigenvalue weighted by atomic mass is 10.1. The highest BCUT2D eigenvalue weighted by Crippen LogP contribution is 2.40. The first-order valence-electron chi connectivity index (χ1n) is 10.1. The molecule has 2 aromatic carbocycles. The Labute approximate surface area is 165 Å². The van der Waals surface area contributed by atoms with Gasteiger partial charge in [0.05, 0.1) is 0 Å². The maximum absolute atomic E-state index is 13.0. The quantitative estimate of drug-likeness (QED) is 0.698. The third-order valence-corrected chi connectivity index (χ3v) is 6.06. The number of carbonyl (C=O) groups excluding carboxylic acids is 1. The standard InChI is InChI=1S/C23H26N2O3/c1-24-9-7-17(13-24)27-15-3-5-19-20-6-4-16(28-18-8-10-25(2)14-18)12-22(20)23(26)21(19)11-15/h3-6,11-12,17-18H,7-10,13-14H2,1-2H3/t17-,18-/m1/s1. The van der Waals surface area contributed by atoms with E-state index in [9.17, 15) is 4.79 Å². The smallest absolute Gasteiger partial charge is 0.194 e. The second-order valence-electron chi connectivity index (χ2n) is 8.33. The highest BCUT2D eigenvalue weighted by atomic mass is 16.5. The molecule has 3 aliphatic rings. The zero-order valence-corrected chi connectivity index (χ0v) is 16.5. The van der Waals surface area contributed by atoms with E-state index in [0.717, 1.165) is 72.8 Å². The van der Waals surface area contributed by atoms with E-state index in [0.29, 0.717) is 0 Å². The van der Waals surface area contributed by atoms with Crippen LogP contribution in [0.1, 0.15) is 28.8 Å². The average molecular weight is 378 g/mol. The van der Waals surface area contributed by atoms with Gasteiger partial charge in [0.2, 0.25) is 0 Å². The van der Waals surface area contributed by atoms with Gasteiger partial charge >= 0.3 is 0 Å². The summed E-state index contributed by atoms with van der Waals surface area (Å²) < 4.78 is 12.2. The number of hydrogen-bond donors (Lipinski definition) is 0. The van der Waals surface area contributed by atoms with E-state index >= 15 is 0 Å². The summed E-state index contributed by atoms with van der Waals surface area (Å²) in [6.07, 6.45) is 2.45. The van der Waals surface area contributed by atoms with E-state index in [1.807, 2.05) is 36.4 Å². The molecule has 28 heavy (non-hydrogen) atoms. The molecule has 0 radical (unpaired) electrons. The predicted octanol–water partition coefficient (Wildman–Crippen LogP) is 3.06. The Balaban J connectivity index is 1.36. The summed E-state index contributed by atoms with van der Waals surface area (Å²) in [6, 6.07) is 11.8. The molecule has 0 amide bonds. The number of benzene rings is 2. The Morgan fingerprint density at radius 1 is 0.750 bits per heavy atom. The molecule has 1 aliphatic carbocycles. The van der Waals surface area contributed by atoms with Crippen molar-refractivity contribution in [3.8, 4) is 22.6 Å². The molecule has 5 rings (SSSR count). The first kappa shape index (κ1) is 17.7. The number of hydrogen-bond acceptors (Lipinski definition) is 5. The fraction of sp³-hybridized carbons (Fsp3) is 0.435. The van der Waals surface area contributed by atoms with E-state index in [1.165, 1.54) is 0 Å². The molecule has 0 aromatic heterocycles. The van der Waals surface area contributed by atoms with Crippen molar-refractivity contribution in [3.05, 3.63) is 47.5 Å². The van der Waals surface area contributed by atoms with Crippen LogP contribution in [0, 0.1) is 0 Å². The first-order valence-corrected chi connectivity index (χ1v) is 10.1. The van der Waals surface area contributed by atoms with Crippen LogP contribution in [0.3, 0.4) is 0 Å². The van der Waals surface area contributed by atoms with Crippen molar-refractivity contribution < 1.29 is 14.3 Å². The fourth-order valence-corrected chi connectivity index (χ4v) is 4.55. The number of ketones is 1. The molecule has 2 saturated heterocycles. The van der Waals surface area contributed by atoms with E-state index in [-0.39, 0.29) is 18.0 Å². The van der Waals surface area contributed by atoms with Gasteiger partial charge in [-0.2, -0.15) is 0 Å². The number of rotatable bonds is 4. The summed E-state index contributed by atoms with van der Waals surface area (Å²) in [5.74, 6) is 1.63. The van der Waals surface area contributed by atoms with Gasteiger partial charge in [-0.25, -0.2) is 0 Å². The first-order chi connectivity index (χ1) is 13.6. The summed E-state index contributed by atoms with van der Waals surface area (Å²) in [6.45, 7) is 3.98. The second-order valence-corrected chi connectivity index (χ2v) is 8.33. The number of nitrogens with zero attached hydrogens (tertiary/aromatic N) is 2. The van der Waals surface area contributed by atoms with Gasteiger partial charge in [-0.3, -0.25) is 4.79 Å². The van der Waals surface area contributed by atoms with Crippen LogP contribution >= 0.6 is 0 Å². The van der Waals surface area contributed by atoms with Crippen molar-refractivity contribution in [3.63, 3.8) is 0 Å². The van der Waals surface area contributed by atoms with Crippen molar-refractivity contribution in [2.45, 2.75) is 25.0 Å². The normalized spacial score (nSPS) is 24.4. The summed E-state index contributed by atoms with van der Waals surface area (Å²) in [4.78, 5) is 17.6. The van der Waals surface area contributed by atoms with E-state index in [1.54, 1.807) is 0 Å². The minimum Gasteiger partial charge on any atom is -0.489 e. The molecule has 2 fully saturated rings. The summed E-state index contributed by atoms with van der Waals surface area (Å²) >= 11 is 0. The van der Waals surface area contributed by atoms with Gasteiger partial charge in [-0.05, 0) is 74.5 Å². The highest BCUT2D eigenvalue weighted by molar-refractivity contribution is 6.22. The minimum atomic E-state index is 0.0629. The number of fused-ring (bicyclic) bond motifs is 3. The molecule has 0 spiro atoms. The van der Waals surface area contributed by atoms with Crippen LogP contribution in [0.25, 0.3) is 11.1 Å². The van der Waals surface area contributed by atoms with Gasteiger partial charge in [0.25, 0.3) is 0 Å². The highest BCUT2D eigenvalue weighted by Gasteiger charge is 2.29. The van der Waals surface area contributed by atoms with Gasteiger partial charge in [-0.1, -0.05) is 0 Å². The van der Waals surface area contributed by atoms with Crippen LogP contribution in [0.15, 0.2) is 36.4 Å². The molecule has 0 bridgehead atoms. The molecule has 0 N–H and O–H groups in total. The molecule has 0 unspecified atom stereocenters. The Morgan fingerprint density at radius 2 is 1.21 bits per heavy atom. The average Bonchev–Trinajstić information content (AvgIpc) is 3.35. The van der Waals surface area contributed by atoms with E-state index < -0.39 is 0 Å². The summed E-state index contributed by atoms with van der Waals surface area (Å²) in [7, 11) is 4.21. The number of ether oxygens (including phenoxy) is 2. The van der Waals surface area contributed by atoms with E-state index in [2.05, 4.69) is 23.9 Å². The zero-order valence-electron chi connectivity index (χ0n) is 16.5. The molecular formula is C23H26N2O3. The third kappa shape index (κ3) is 3.19. The van der Waals surface area contributed by atoms with Gasteiger partial charge in [0.15, 0.2) is 5.78 Å². The van der Waals surface area contributed by atoms with Crippen LogP contribution in [-0.4, -0.2) is 68.1 Å². The van der Waals surface area contributed by atoms with Gasteiger partial charge < -0.3 is 19.3 Å². The van der Waals surface area contributed by atoms with Crippen LogP contribution in [-0.2, 0) is 0 Å². The molecule has 2 aliphatic heterocycles. The molecule has 0 saturated carbocycles. The Kier molecular flexibility index (Phi) is 4.37. The van der Waals surface area contributed by atoms with Gasteiger partial charge in [-0.15, -0.1) is 0 Å². The van der Waals surface area contributed by atoms with Gasteiger partial charge in [0.1, 0.15) is 23.7 Å². The Morgan fingerprint density at radius 3 is 1.61 bits per heavy atom. The molecule has 2 atom stereocenters. The van der Waals surface area contributed by atoms with Crippen molar-refractivity contribution in [1.29, 1.82) is 0 Å². The number of likely N-dealkylation sites (N-methyl/N-ethyl adjacent to an activating group) is 2. The van der Waals surface area contributed by atoms with Crippen LogP contribution in [0.5, 0.6) is 11.5 Å². The monoisotopic (exact) mass is 378 g/mol. The SMILES string of the molecule is CN1CC[C@@H](Oc2ccc3c(c2)C(=O)c2cc(O[C@@H]4CCN(C)C4)ccc2-3)C1. The number of carbonyl (C=O) groups is 1. The Bertz CT molecular complexity index is 853. The minimum absolute atomic E-state index is 0.0629. The zero-order chi connectivity index (χ0) is 19.3. The maximum atomic E-state index is 13.0. The molecule has 5 heteroatoms. The predicted molar refractivity (Wildman–Crippen MR) is 108 cm³/mol. The maximum Gasteiger partial charge on any atom is 0.194 e. The van der Waals surface area contributed by atoms with Crippen LogP contribution < -0.4 is 9.47 Å². The lowest BCUT2D eigenvalue weighted by molar-refractivity contribution is 0.104. The molecule has 146 valence electrons. The van der Waals surface area contributed by atoms with Crippen molar-refractivity contribution in [2.24, 2.45) is 0 Å². The lowest BCUT2D eigenvalue weighted by Gasteiger charge is -2.14. The summed E-state index contributed by atoms with van der Waals surface area (Å²) in [5.41, 5.74) is 3.44. The second kappa shape index (κ2) is 6.90. The molecule has 2 aromatic rings. The largest absolute Gasteiger partial charge is 0.489 e. The molecule has 5 nitrogen and oxygen atoms in total. The summed E-state index contributed by atoms with van der Waals surface area (Å²) in [5, 5.41) is 0. The van der Waals surface area contributed by atoms with Crippen molar-refractivity contribution >= 4 is 5.78 Å². The molecular weight excluding hydrogens is 352 g/mol. The van der Waals surface area contributed by atoms with Crippen LogP contribution in [0.4, 0.5) is 0 Å². The topological polar surface area (TPSA) is 42.0 Å². The van der Waals surface area contributed by atoms with Crippen molar-refractivity contribution in [1.82, 2.24) is 9.80 Å². The van der Waals surface area contributed by atoms with Gasteiger partial charge in [0, 0.05) is 37.3 Å². The fourth-order valence-electron chi connectivity index (χ4n) is 4.55. The lowest BCUT2D eigenvalue weighted by Crippen LogP contribution is -2.21. The van der Waals surface area contributed by atoms with Crippen LogP contribution in [0.2, 0.25) is 0 Å². The molecule has 2 heterocycles. The van der Waals surface area contributed by atoms with Crippen molar-refractivity contribution in [2.75, 3.05) is 40.3 Å². The Hall–Kier alpha value is -2.37.